The summed E-state index contributed by atoms with van der Waals surface area (Å²) < 4.78 is 24.0. The zero-order valence-corrected chi connectivity index (χ0v) is 18.6. The van der Waals surface area contributed by atoms with Crippen LogP contribution in [0, 0.1) is 0 Å². The maximum Gasteiger partial charge on any atom is 0.132 e. The van der Waals surface area contributed by atoms with Crippen LogP contribution in [0.2, 0.25) is 0 Å². The van der Waals surface area contributed by atoms with Crippen LogP contribution in [0.4, 0.5) is 5.69 Å². The SMILES string of the molecule is C=CCOC1C(OC(C)C)c2cc(NCc3ccc(OC)cc3)ccc2OC1(C)C. The van der Waals surface area contributed by atoms with Crippen LogP contribution in [0.15, 0.2) is 55.1 Å². The van der Waals surface area contributed by atoms with Gasteiger partial charge in [-0.3, -0.25) is 0 Å². The fourth-order valence-electron chi connectivity index (χ4n) is 3.69. The molecule has 5 heteroatoms. The summed E-state index contributed by atoms with van der Waals surface area (Å²) in [5.41, 5.74) is 2.66. The van der Waals surface area contributed by atoms with Gasteiger partial charge in [0.15, 0.2) is 0 Å². The highest BCUT2D eigenvalue weighted by molar-refractivity contribution is 5.54. The van der Waals surface area contributed by atoms with Crippen molar-refractivity contribution < 1.29 is 18.9 Å². The molecule has 3 rings (SSSR count). The topological polar surface area (TPSA) is 49.0 Å². The summed E-state index contributed by atoms with van der Waals surface area (Å²) in [7, 11) is 1.67. The molecule has 5 nitrogen and oxygen atoms in total. The molecule has 1 aliphatic rings. The summed E-state index contributed by atoms with van der Waals surface area (Å²) in [5.74, 6) is 1.69. The summed E-state index contributed by atoms with van der Waals surface area (Å²) >= 11 is 0. The molecule has 0 aliphatic carbocycles. The lowest BCUT2D eigenvalue weighted by Gasteiger charge is -2.44. The second kappa shape index (κ2) is 9.54. The van der Waals surface area contributed by atoms with E-state index in [9.17, 15) is 0 Å². The molecule has 2 unspecified atom stereocenters. The number of ether oxygens (including phenoxy) is 4. The maximum absolute atomic E-state index is 6.33. The molecule has 2 atom stereocenters. The zero-order valence-electron chi connectivity index (χ0n) is 18.6. The van der Waals surface area contributed by atoms with E-state index in [0.717, 1.165) is 22.7 Å². The number of rotatable bonds is 9. The Balaban J connectivity index is 1.84. The highest BCUT2D eigenvalue weighted by atomic mass is 16.6. The molecule has 0 aromatic heterocycles. The standard InChI is InChI=1S/C25H33NO4/c1-7-14-28-24-23(29-17(2)3)21-15-19(10-13-22(21)30-25(24,4)5)26-16-18-8-11-20(27-6)12-9-18/h7-13,15,17,23-24,26H,1,14,16H2,2-6H3. The van der Waals surface area contributed by atoms with Crippen molar-refractivity contribution in [2.45, 2.75) is 58.2 Å². The van der Waals surface area contributed by atoms with Crippen LogP contribution < -0.4 is 14.8 Å². The van der Waals surface area contributed by atoms with Crippen LogP contribution in [-0.2, 0) is 16.0 Å². The van der Waals surface area contributed by atoms with E-state index in [-0.39, 0.29) is 18.3 Å². The van der Waals surface area contributed by atoms with E-state index in [4.69, 9.17) is 18.9 Å². The van der Waals surface area contributed by atoms with Crippen LogP contribution in [0.5, 0.6) is 11.5 Å². The maximum atomic E-state index is 6.33. The minimum atomic E-state index is -0.520. The fourth-order valence-corrected chi connectivity index (χ4v) is 3.69. The van der Waals surface area contributed by atoms with Gasteiger partial charge in [-0.05, 0) is 63.6 Å². The van der Waals surface area contributed by atoms with Gasteiger partial charge in [0.2, 0.25) is 0 Å². The summed E-state index contributed by atoms with van der Waals surface area (Å²) in [6.45, 7) is 13.1. The molecule has 0 saturated heterocycles. The first-order chi connectivity index (χ1) is 14.3. The van der Waals surface area contributed by atoms with Crippen molar-refractivity contribution in [1.82, 2.24) is 0 Å². The van der Waals surface area contributed by atoms with Gasteiger partial charge in [-0.15, -0.1) is 6.58 Å². The van der Waals surface area contributed by atoms with Crippen molar-refractivity contribution in [3.05, 3.63) is 66.2 Å². The Morgan fingerprint density at radius 3 is 2.53 bits per heavy atom. The number of hydrogen-bond donors (Lipinski definition) is 1. The van der Waals surface area contributed by atoms with Crippen LogP contribution in [-0.4, -0.2) is 31.5 Å². The van der Waals surface area contributed by atoms with Crippen LogP contribution in [0.25, 0.3) is 0 Å². The number of fused-ring (bicyclic) bond motifs is 1. The number of nitrogens with one attached hydrogen (secondary N) is 1. The van der Waals surface area contributed by atoms with Crippen molar-refractivity contribution in [3.8, 4) is 11.5 Å². The van der Waals surface area contributed by atoms with Gasteiger partial charge in [0, 0.05) is 17.8 Å². The molecule has 0 bridgehead atoms. The quantitative estimate of drug-likeness (QED) is 0.551. The fraction of sp³-hybridized carbons (Fsp3) is 0.440. The zero-order chi connectivity index (χ0) is 21.7. The van der Waals surface area contributed by atoms with Crippen LogP contribution in [0.1, 0.15) is 44.9 Å². The van der Waals surface area contributed by atoms with E-state index in [1.54, 1.807) is 13.2 Å². The molecule has 30 heavy (non-hydrogen) atoms. The minimum absolute atomic E-state index is 0.0579. The first kappa shape index (κ1) is 22.2. The lowest BCUT2D eigenvalue weighted by molar-refractivity contribution is -0.168. The smallest absolute Gasteiger partial charge is 0.132 e. The first-order valence-electron chi connectivity index (χ1n) is 10.4. The molecule has 0 spiro atoms. The Labute approximate surface area is 180 Å². The molecule has 0 amide bonds. The second-order valence-electron chi connectivity index (χ2n) is 8.31. The van der Waals surface area contributed by atoms with E-state index in [1.807, 2.05) is 52.0 Å². The Morgan fingerprint density at radius 1 is 1.17 bits per heavy atom. The summed E-state index contributed by atoms with van der Waals surface area (Å²) in [4.78, 5) is 0. The lowest BCUT2D eigenvalue weighted by Crippen LogP contribution is -2.51. The van der Waals surface area contributed by atoms with E-state index >= 15 is 0 Å². The second-order valence-corrected chi connectivity index (χ2v) is 8.31. The van der Waals surface area contributed by atoms with Gasteiger partial charge < -0.3 is 24.3 Å². The lowest BCUT2D eigenvalue weighted by atomic mass is 9.87. The minimum Gasteiger partial charge on any atom is -0.497 e. The molecule has 0 saturated carbocycles. The van der Waals surface area contributed by atoms with E-state index in [2.05, 4.69) is 30.1 Å². The average molecular weight is 412 g/mol. The summed E-state index contributed by atoms with van der Waals surface area (Å²) in [6.07, 6.45) is 1.33. The van der Waals surface area contributed by atoms with Gasteiger partial charge in [0.05, 0.1) is 19.8 Å². The van der Waals surface area contributed by atoms with Gasteiger partial charge in [-0.1, -0.05) is 18.2 Å². The molecule has 1 N–H and O–H groups in total. The number of benzene rings is 2. The van der Waals surface area contributed by atoms with Gasteiger partial charge in [0.25, 0.3) is 0 Å². The normalized spacial score (nSPS) is 19.7. The van der Waals surface area contributed by atoms with Gasteiger partial charge in [0.1, 0.15) is 29.3 Å². The number of methoxy groups -OCH3 is 1. The third-order valence-corrected chi connectivity index (χ3v) is 5.12. The van der Waals surface area contributed by atoms with Crippen molar-refractivity contribution in [1.29, 1.82) is 0 Å². The third-order valence-electron chi connectivity index (χ3n) is 5.12. The molecule has 2 aromatic carbocycles. The van der Waals surface area contributed by atoms with Crippen molar-refractivity contribution in [2.75, 3.05) is 19.0 Å². The van der Waals surface area contributed by atoms with Crippen molar-refractivity contribution in [3.63, 3.8) is 0 Å². The largest absolute Gasteiger partial charge is 0.497 e. The van der Waals surface area contributed by atoms with Gasteiger partial charge in [-0.2, -0.15) is 0 Å². The summed E-state index contributed by atoms with van der Waals surface area (Å²) in [6, 6.07) is 14.2. The molecule has 0 radical (unpaired) electrons. The predicted molar refractivity (Wildman–Crippen MR) is 120 cm³/mol. The molecular formula is C25H33NO4. The Kier molecular flexibility index (Phi) is 7.06. The highest BCUT2D eigenvalue weighted by Crippen LogP contribution is 2.44. The molecule has 162 valence electrons. The first-order valence-corrected chi connectivity index (χ1v) is 10.4. The van der Waals surface area contributed by atoms with Crippen LogP contribution in [0.3, 0.4) is 0 Å². The molecule has 1 aliphatic heterocycles. The average Bonchev–Trinajstić information content (AvgIpc) is 2.71. The predicted octanol–water partition coefficient (Wildman–Crippen LogP) is 5.52. The van der Waals surface area contributed by atoms with E-state index < -0.39 is 5.60 Å². The van der Waals surface area contributed by atoms with Crippen molar-refractivity contribution >= 4 is 5.69 Å². The van der Waals surface area contributed by atoms with E-state index in [1.165, 1.54) is 5.56 Å². The summed E-state index contributed by atoms with van der Waals surface area (Å²) in [5, 5.41) is 3.49. The monoisotopic (exact) mass is 411 g/mol. The molecular weight excluding hydrogens is 378 g/mol. The number of hydrogen-bond acceptors (Lipinski definition) is 5. The van der Waals surface area contributed by atoms with Crippen LogP contribution >= 0.6 is 0 Å². The molecule has 1 heterocycles. The van der Waals surface area contributed by atoms with Gasteiger partial charge in [-0.25, -0.2) is 0 Å². The Hall–Kier alpha value is -2.50. The number of anilines is 1. The third kappa shape index (κ3) is 5.15. The molecule has 2 aromatic rings. The molecule has 0 fully saturated rings. The Morgan fingerprint density at radius 2 is 1.90 bits per heavy atom. The van der Waals surface area contributed by atoms with E-state index in [0.29, 0.717) is 13.2 Å². The van der Waals surface area contributed by atoms with Gasteiger partial charge >= 0.3 is 0 Å². The highest BCUT2D eigenvalue weighted by Gasteiger charge is 2.45. The Bertz CT molecular complexity index is 845. The van der Waals surface area contributed by atoms with Crippen molar-refractivity contribution in [2.24, 2.45) is 0 Å².